The summed E-state index contributed by atoms with van der Waals surface area (Å²) in [6.07, 6.45) is 4.30. The van der Waals surface area contributed by atoms with Gasteiger partial charge in [-0.2, -0.15) is 0 Å². The van der Waals surface area contributed by atoms with Crippen LogP contribution in [0.5, 0.6) is 0 Å². The highest BCUT2D eigenvalue weighted by atomic mass is 16.1. The predicted molar refractivity (Wildman–Crippen MR) is 73.7 cm³/mol. The van der Waals surface area contributed by atoms with E-state index >= 15 is 0 Å². The van der Waals surface area contributed by atoms with Crippen LogP contribution in [0, 0.1) is 0 Å². The molecule has 0 saturated carbocycles. The van der Waals surface area contributed by atoms with Crippen molar-refractivity contribution in [3.05, 3.63) is 34.2 Å². The van der Waals surface area contributed by atoms with E-state index in [1.54, 1.807) is 12.3 Å². The van der Waals surface area contributed by atoms with Crippen molar-refractivity contribution in [2.24, 2.45) is 0 Å². The number of hydrogen-bond acceptors (Lipinski definition) is 3. The zero-order valence-electron chi connectivity index (χ0n) is 11.2. The number of nitrogens with one attached hydrogen (secondary N) is 1. The number of pyridine rings is 1. The van der Waals surface area contributed by atoms with Crippen LogP contribution in [0.15, 0.2) is 23.1 Å². The molecule has 0 aromatic carbocycles. The number of nitrogens with zero attached hydrogens (tertiary/aromatic N) is 2. The molecule has 0 bridgehead atoms. The highest BCUT2D eigenvalue weighted by Crippen LogP contribution is 2.07. The third-order valence-electron chi connectivity index (χ3n) is 3.54. The van der Waals surface area contributed by atoms with Gasteiger partial charge in [0.15, 0.2) is 0 Å². The fourth-order valence-corrected chi connectivity index (χ4v) is 2.40. The number of aromatic amines is 1. The number of rotatable bonds is 5. The van der Waals surface area contributed by atoms with E-state index < -0.39 is 0 Å². The maximum Gasteiger partial charge on any atom is 0.248 e. The van der Waals surface area contributed by atoms with Crippen molar-refractivity contribution < 1.29 is 0 Å². The van der Waals surface area contributed by atoms with Crippen LogP contribution in [-0.4, -0.2) is 47.5 Å². The molecule has 2 rings (SSSR count). The van der Waals surface area contributed by atoms with E-state index in [9.17, 15) is 4.79 Å². The predicted octanol–water partition coefficient (Wildman–Crippen LogP) is 1.29. The van der Waals surface area contributed by atoms with Crippen molar-refractivity contribution in [1.29, 1.82) is 0 Å². The highest BCUT2D eigenvalue weighted by molar-refractivity contribution is 5.09. The molecular weight excluding hydrogens is 226 g/mol. The second-order valence-electron chi connectivity index (χ2n) is 5.03. The lowest BCUT2D eigenvalue weighted by atomic mass is 10.2. The molecule has 0 atom stereocenters. The standard InChI is InChI=1S/C14H23N3O/c1-2-3-6-16-7-9-17(10-8-16)12-13-4-5-15-14(18)11-13/h4-5,11H,2-3,6-10,12H2,1H3,(H,15,18). The molecule has 1 N–H and O–H groups in total. The lowest BCUT2D eigenvalue weighted by Gasteiger charge is -2.34. The minimum atomic E-state index is -0.00548. The van der Waals surface area contributed by atoms with Crippen LogP contribution in [0.4, 0.5) is 0 Å². The number of unbranched alkanes of at least 4 members (excludes halogenated alkanes) is 1. The first-order chi connectivity index (χ1) is 8.78. The molecule has 0 unspecified atom stereocenters. The van der Waals surface area contributed by atoms with Gasteiger partial charge in [-0.25, -0.2) is 0 Å². The van der Waals surface area contributed by atoms with Crippen LogP contribution in [0.2, 0.25) is 0 Å². The van der Waals surface area contributed by atoms with Crippen LogP contribution >= 0.6 is 0 Å². The summed E-state index contributed by atoms with van der Waals surface area (Å²) in [4.78, 5) is 18.8. The van der Waals surface area contributed by atoms with Crippen molar-refractivity contribution in [2.45, 2.75) is 26.3 Å². The zero-order chi connectivity index (χ0) is 12.8. The Balaban J connectivity index is 1.78. The Morgan fingerprint density at radius 2 is 1.94 bits per heavy atom. The highest BCUT2D eigenvalue weighted by Gasteiger charge is 2.16. The SMILES string of the molecule is CCCCN1CCN(Cc2cc[nH]c(=O)c2)CC1. The monoisotopic (exact) mass is 249 g/mol. The maximum absolute atomic E-state index is 11.2. The van der Waals surface area contributed by atoms with Gasteiger partial charge in [0.05, 0.1) is 0 Å². The van der Waals surface area contributed by atoms with E-state index in [4.69, 9.17) is 0 Å². The molecule has 1 aromatic heterocycles. The van der Waals surface area contributed by atoms with Gasteiger partial charge >= 0.3 is 0 Å². The summed E-state index contributed by atoms with van der Waals surface area (Å²) < 4.78 is 0. The average molecular weight is 249 g/mol. The summed E-state index contributed by atoms with van der Waals surface area (Å²) in [5.41, 5.74) is 1.11. The first-order valence-electron chi connectivity index (χ1n) is 6.90. The van der Waals surface area contributed by atoms with Gasteiger partial charge in [-0.15, -0.1) is 0 Å². The smallest absolute Gasteiger partial charge is 0.248 e. The molecule has 1 fully saturated rings. The average Bonchev–Trinajstić information content (AvgIpc) is 2.38. The summed E-state index contributed by atoms with van der Waals surface area (Å²) in [6.45, 7) is 8.89. The molecular formula is C14H23N3O. The van der Waals surface area contributed by atoms with E-state index in [0.717, 1.165) is 38.3 Å². The molecule has 4 heteroatoms. The van der Waals surface area contributed by atoms with E-state index in [1.807, 2.05) is 6.07 Å². The van der Waals surface area contributed by atoms with Crippen molar-refractivity contribution in [2.75, 3.05) is 32.7 Å². The molecule has 4 nitrogen and oxygen atoms in total. The zero-order valence-corrected chi connectivity index (χ0v) is 11.2. The van der Waals surface area contributed by atoms with Crippen molar-refractivity contribution in [1.82, 2.24) is 14.8 Å². The maximum atomic E-state index is 11.2. The largest absolute Gasteiger partial charge is 0.329 e. The van der Waals surface area contributed by atoms with E-state index in [2.05, 4.69) is 21.7 Å². The van der Waals surface area contributed by atoms with E-state index in [0.29, 0.717) is 0 Å². The Bertz CT molecular complexity index is 408. The summed E-state index contributed by atoms with van der Waals surface area (Å²) in [5.74, 6) is 0. The summed E-state index contributed by atoms with van der Waals surface area (Å²) >= 11 is 0. The fourth-order valence-electron chi connectivity index (χ4n) is 2.40. The Hall–Kier alpha value is -1.13. The minimum absolute atomic E-state index is 0.00548. The van der Waals surface area contributed by atoms with Crippen molar-refractivity contribution in [3.8, 4) is 0 Å². The minimum Gasteiger partial charge on any atom is -0.329 e. The number of aromatic nitrogens is 1. The summed E-state index contributed by atoms with van der Waals surface area (Å²) in [6, 6.07) is 3.69. The molecule has 18 heavy (non-hydrogen) atoms. The first-order valence-corrected chi connectivity index (χ1v) is 6.90. The fraction of sp³-hybridized carbons (Fsp3) is 0.643. The number of piperazine rings is 1. The molecule has 100 valence electrons. The second-order valence-corrected chi connectivity index (χ2v) is 5.03. The van der Waals surface area contributed by atoms with Crippen LogP contribution in [0.3, 0.4) is 0 Å². The summed E-state index contributed by atoms with van der Waals surface area (Å²) in [5, 5.41) is 0. The third kappa shape index (κ3) is 3.96. The van der Waals surface area contributed by atoms with Gasteiger partial charge < -0.3 is 9.88 Å². The van der Waals surface area contributed by atoms with Gasteiger partial charge in [0, 0.05) is 45.0 Å². The molecule has 1 aliphatic rings. The Labute approximate surface area is 109 Å². The van der Waals surface area contributed by atoms with Gasteiger partial charge in [0.25, 0.3) is 0 Å². The normalized spacial score (nSPS) is 18.1. The van der Waals surface area contributed by atoms with Gasteiger partial charge in [0.2, 0.25) is 5.56 Å². The van der Waals surface area contributed by atoms with Gasteiger partial charge in [-0.1, -0.05) is 13.3 Å². The topological polar surface area (TPSA) is 39.3 Å². The lowest BCUT2D eigenvalue weighted by Crippen LogP contribution is -2.46. The van der Waals surface area contributed by atoms with Gasteiger partial charge in [-0.3, -0.25) is 9.69 Å². The quantitative estimate of drug-likeness (QED) is 0.855. The molecule has 1 saturated heterocycles. The van der Waals surface area contributed by atoms with Gasteiger partial charge in [0.1, 0.15) is 0 Å². The van der Waals surface area contributed by atoms with Crippen LogP contribution < -0.4 is 5.56 Å². The van der Waals surface area contributed by atoms with Crippen molar-refractivity contribution >= 4 is 0 Å². The molecule has 0 radical (unpaired) electrons. The van der Waals surface area contributed by atoms with Gasteiger partial charge in [-0.05, 0) is 24.6 Å². The van der Waals surface area contributed by atoms with E-state index in [1.165, 1.54) is 19.4 Å². The molecule has 2 heterocycles. The van der Waals surface area contributed by atoms with Crippen molar-refractivity contribution in [3.63, 3.8) is 0 Å². The van der Waals surface area contributed by atoms with E-state index in [-0.39, 0.29) is 5.56 Å². The Morgan fingerprint density at radius 3 is 2.61 bits per heavy atom. The van der Waals surface area contributed by atoms with Crippen LogP contribution in [0.25, 0.3) is 0 Å². The first kappa shape index (κ1) is 13.3. The molecule has 0 spiro atoms. The Kier molecular flexibility index (Phi) is 4.96. The van der Waals surface area contributed by atoms with Crippen LogP contribution in [0.1, 0.15) is 25.3 Å². The molecule has 0 amide bonds. The molecule has 0 aliphatic carbocycles. The lowest BCUT2D eigenvalue weighted by molar-refractivity contribution is 0.126. The summed E-state index contributed by atoms with van der Waals surface area (Å²) in [7, 11) is 0. The number of hydrogen-bond donors (Lipinski definition) is 1. The Morgan fingerprint density at radius 1 is 1.22 bits per heavy atom. The van der Waals surface area contributed by atoms with Crippen LogP contribution in [-0.2, 0) is 6.54 Å². The number of H-pyrrole nitrogens is 1. The second kappa shape index (κ2) is 6.71. The third-order valence-corrected chi connectivity index (χ3v) is 3.54. The molecule has 1 aliphatic heterocycles. The molecule has 1 aromatic rings.